The molecule has 1 N–H and O–H groups in total. The Bertz CT molecular complexity index is 149. The zero-order valence-electron chi connectivity index (χ0n) is 13.1. The van der Waals surface area contributed by atoms with Crippen LogP contribution >= 0.6 is 0 Å². The Hall–Kier alpha value is -0.0400. The molecule has 0 rings (SSSR count). The minimum Gasteiger partial charge on any atom is -0.316 e. The van der Waals surface area contributed by atoms with Gasteiger partial charge in [-0.25, -0.2) is 0 Å². The van der Waals surface area contributed by atoms with Gasteiger partial charge in [0, 0.05) is 0 Å². The van der Waals surface area contributed by atoms with Gasteiger partial charge < -0.3 is 5.32 Å². The fraction of sp³-hybridized carbons (Fsp3) is 1.00. The maximum atomic E-state index is 3.66. The van der Waals surface area contributed by atoms with E-state index in [1.54, 1.807) is 0 Å². The normalized spacial score (nSPS) is 18.7. The van der Waals surface area contributed by atoms with Gasteiger partial charge in [-0.05, 0) is 36.8 Å². The quantitative estimate of drug-likeness (QED) is 0.583. The van der Waals surface area contributed by atoms with Crippen LogP contribution in [0.25, 0.3) is 0 Å². The SMILES string of the molecule is CCCC(C)C(C)CNCC(C)C(C)CCC. The molecule has 0 aliphatic rings. The van der Waals surface area contributed by atoms with E-state index < -0.39 is 0 Å². The van der Waals surface area contributed by atoms with E-state index in [0.29, 0.717) is 0 Å². The first-order valence-corrected chi connectivity index (χ1v) is 7.73. The maximum Gasteiger partial charge on any atom is -0.00205 e. The number of hydrogen-bond donors (Lipinski definition) is 1. The predicted octanol–water partition coefficient (Wildman–Crippen LogP) is 4.72. The third-order valence-corrected chi connectivity index (χ3v) is 4.36. The molecule has 0 aromatic heterocycles. The van der Waals surface area contributed by atoms with Gasteiger partial charge in [0.05, 0.1) is 0 Å². The second-order valence-electron chi connectivity index (χ2n) is 6.14. The first kappa shape index (κ1) is 17.0. The summed E-state index contributed by atoms with van der Waals surface area (Å²) in [5.41, 5.74) is 0. The van der Waals surface area contributed by atoms with Crippen LogP contribution in [0.1, 0.15) is 67.2 Å². The fourth-order valence-corrected chi connectivity index (χ4v) is 2.42. The van der Waals surface area contributed by atoms with E-state index in [1.807, 2.05) is 0 Å². The third-order valence-electron chi connectivity index (χ3n) is 4.36. The lowest BCUT2D eigenvalue weighted by Crippen LogP contribution is -2.30. The Morgan fingerprint density at radius 1 is 0.647 bits per heavy atom. The van der Waals surface area contributed by atoms with Crippen LogP contribution in [0.4, 0.5) is 0 Å². The van der Waals surface area contributed by atoms with Crippen molar-refractivity contribution < 1.29 is 0 Å². The fourth-order valence-electron chi connectivity index (χ4n) is 2.42. The molecular formula is C16H35N. The van der Waals surface area contributed by atoms with Gasteiger partial charge in [0.25, 0.3) is 0 Å². The Labute approximate surface area is 110 Å². The molecule has 1 heteroatoms. The lowest BCUT2D eigenvalue weighted by molar-refractivity contribution is 0.307. The van der Waals surface area contributed by atoms with Crippen molar-refractivity contribution in [2.24, 2.45) is 23.7 Å². The summed E-state index contributed by atoms with van der Waals surface area (Å²) in [7, 11) is 0. The molecule has 0 amide bonds. The molecule has 4 unspecified atom stereocenters. The minimum atomic E-state index is 0.809. The molecule has 0 radical (unpaired) electrons. The molecule has 0 aromatic carbocycles. The Kier molecular flexibility index (Phi) is 9.91. The van der Waals surface area contributed by atoms with Crippen LogP contribution in [0.2, 0.25) is 0 Å². The average molecular weight is 241 g/mol. The van der Waals surface area contributed by atoms with Crippen molar-refractivity contribution in [3.8, 4) is 0 Å². The Morgan fingerprint density at radius 3 is 1.29 bits per heavy atom. The molecule has 0 aliphatic heterocycles. The van der Waals surface area contributed by atoms with Crippen LogP contribution in [-0.4, -0.2) is 13.1 Å². The van der Waals surface area contributed by atoms with E-state index in [9.17, 15) is 0 Å². The molecule has 0 saturated carbocycles. The summed E-state index contributed by atoms with van der Waals surface area (Å²) < 4.78 is 0. The summed E-state index contributed by atoms with van der Waals surface area (Å²) in [6.45, 7) is 16.5. The summed E-state index contributed by atoms with van der Waals surface area (Å²) in [6, 6.07) is 0. The molecule has 0 fully saturated rings. The monoisotopic (exact) mass is 241 g/mol. The van der Waals surface area contributed by atoms with Crippen molar-refractivity contribution in [3.63, 3.8) is 0 Å². The van der Waals surface area contributed by atoms with Gasteiger partial charge in [0.2, 0.25) is 0 Å². The highest BCUT2D eigenvalue weighted by Gasteiger charge is 2.13. The predicted molar refractivity (Wildman–Crippen MR) is 79.3 cm³/mol. The summed E-state index contributed by atoms with van der Waals surface area (Å²) >= 11 is 0. The lowest BCUT2D eigenvalue weighted by atomic mass is 9.90. The smallest absolute Gasteiger partial charge is 0.00205 e. The third kappa shape index (κ3) is 7.81. The molecular weight excluding hydrogens is 206 g/mol. The standard InChI is InChI=1S/C16H35N/c1-7-9-13(3)15(5)11-17-12-16(6)14(4)10-8-2/h13-17H,7-12H2,1-6H3. The van der Waals surface area contributed by atoms with Gasteiger partial charge in [-0.3, -0.25) is 0 Å². The highest BCUT2D eigenvalue weighted by atomic mass is 14.9. The van der Waals surface area contributed by atoms with Crippen LogP contribution in [0, 0.1) is 23.7 Å². The van der Waals surface area contributed by atoms with Crippen molar-refractivity contribution in [2.75, 3.05) is 13.1 Å². The summed E-state index contributed by atoms with van der Waals surface area (Å²) in [6.07, 6.45) is 5.36. The summed E-state index contributed by atoms with van der Waals surface area (Å²) in [5, 5.41) is 3.66. The second kappa shape index (κ2) is 9.94. The molecule has 1 nitrogen and oxygen atoms in total. The molecule has 0 aromatic rings. The van der Waals surface area contributed by atoms with Gasteiger partial charge in [-0.15, -0.1) is 0 Å². The molecule has 104 valence electrons. The van der Waals surface area contributed by atoms with Crippen LogP contribution in [0.5, 0.6) is 0 Å². The highest BCUT2D eigenvalue weighted by Crippen LogP contribution is 2.18. The lowest BCUT2D eigenvalue weighted by Gasteiger charge is -2.23. The van der Waals surface area contributed by atoms with Gasteiger partial charge in [-0.1, -0.05) is 67.2 Å². The van der Waals surface area contributed by atoms with Crippen molar-refractivity contribution in [1.29, 1.82) is 0 Å². The molecule has 0 heterocycles. The molecule has 0 saturated heterocycles. The molecule has 4 atom stereocenters. The largest absolute Gasteiger partial charge is 0.316 e. The van der Waals surface area contributed by atoms with E-state index in [2.05, 4.69) is 46.9 Å². The van der Waals surface area contributed by atoms with Crippen LogP contribution in [0.3, 0.4) is 0 Å². The number of hydrogen-bond acceptors (Lipinski definition) is 1. The van der Waals surface area contributed by atoms with Gasteiger partial charge >= 0.3 is 0 Å². The molecule has 0 bridgehead atoms. The van der Waals surface area contributed by atoms with E-state index >= 15 is 0 Å². The molecule has 0 aliphatic carbocycles. The summed E-state index contributed by atoms with van der Waals surface area (Å²) in [5.74, 6) is 3.33. The Morgan fingerprint density at radius 2 is 1.00 bits per heavy atom. The van der Waals surface area contributed by atoms with E-state index in [1.165, 1.54) is 38.8 Å². The van der Waals surface area contributed by atoms with Crippen LogP contribution in [0.15, 0.2) is 0 Å². The van der Waals surface area contributed by atoms with Gasteiger partial charge in [-0.2, -0.15) is 0 Å². The molecule has 17 heavy (non-hydrogen) atoms. The zero-order valence-corrected chi connectivity index (χ0v) is 13.1. The van der Waals surface area contributed by atoms with E-state index in [4.69, 9.17) is 0 Å². The minimum absolute atomic E-state index is 0.809. The maximum absolute atomic E-state index is 3.66. The summed E-state index contributed by atoms with van der Waals surface area (Å²) in [4.78, 5) is 0. The Balaban J connectivity index is 3.68. The first-order valence-electron chi connectivity index (χ1n) is 7.73. The van der Waals surface area contributed by atoms with E-state index in [0.717, 1.165) is 23.7 Å². The van der Waals surface area contributed by atoms with Gasteiger partial charge in [0.1, 0.15) is 0 Å². The van der Waals surface area contributed by atoms with Crippen molar-refractivity contribution in [3.05, 3.63) is 0 Å². The second-order valence-corrected chi connectivity index (χ2v) is 6.14. The van der Waals surface area contributed by atoms with Crippen molar-refractivity contribution in [1.82, 2.24) is 5.32 Å². The van der Waals surface area contributed by atoms with Crippen molar-refractivity contribution in [2.45, 2.75) is 67.2 Å². The van der Waals surface area contributed by atoms with Gasteiger partial charge in [0.15, 0.2) is 0 Å². The number of nitrogens with one attached hydrogen (secondary N) is 1. The highest BCUT2D eigenvalue weighted by molar-refractivity contribution is 4.68. The number of rotatable bonds is 10. The van der Waals surface area contributed by atoms with E-state index in [-0.39, 0.29) is 0 Å². The van der Waals surface area contributed by atoms with Crippen LogP contribution < -0.4 is 5.32 Å². The first-order chi connectivity index (χ1) is 8.02. The zero-order chi connectivity index (χ0) is 13.3. The van der Waals surface area contributed by atoms with Crippen LogP contribution in [-0.2, 0) is 0 Å². The van der Waals surface area contributed by atoms with Crippen molar-refractivity contribution >= 4 is 0 Å². The topological polar surface area (TPSA) is 12.0 Å². The molecule has 0 spiro atoms. The average Bonchev–Trinajstić information content (AvgIpc) is 2.29.